The predicted molar refractivity (Wildman–Crippen MR) is 114 cm³/mol. The molecule has 2 aromatic carbocycles. The smallest absolute Gasteiger partial charge is 0.271 e. The Morgan fingerprint density at radius 3 is 2.47 bits per heavy atom. The van der Waals surface area contributed by atoms with E-state index in [2.05, 4.69) is 5.32 Å². The maximum atomic E-state index is 13.0. The maximum Gasteiger partial charge on any atom is 0.271 e. The molecule has 1 amide bonds. The van der Waals surface area contributed by atoms with Crippen LogP contribution in [-0.2, 0) is 14.8 Å². The Balaban J connectivity index is 2.39. The molecule has 2 atom stereocenters. The molecule has 0 aliphatic rings. The summed E-state index contributed by atoms with van der Waals surface area (Å²) >= 11 is 0. The molecular formula is C20H25N3O6S. The second-order valence-corrected chi connectivity index (χ2v) is 8.59. The molecule has 0 aliphatic heterocycles. The minimum Gasteiger partial charge on any atom is -0.496 e. The molecule has 162 valence electrons. The average Bonchev–Trinajstić information content (AvgIpc) is 2.70. The van der Waals surface area contributed by atoms with Crippen LogP contribution in [0.4, 0.5) is 11.4 Å². The minimum absolute atomic E-state index is 0.0543. The number of nitrogens with zero attached hydrogens (tertiary/aromatic N) is 2. The standard InChI is InChI=1S/C20H25N3O6S/c1-5-18(20(24)21-14(2)17-11-6-7-12-19(17)29-3)22(30(4,27)28)15-9-8-10-16(13-15)23(25)26/h6-14,18H,5H2,1-4H3,(H,21,24). The van der Waals surface area contributed by atoms with Gasteiger partial charge < -0.3 is 10.1 Å². The number of rotatable bonds is 9. The number of ether oxygens (including phenoxy) is 1. The van der Waals surface area contributed by atoms with E-state index in [1.807, 2.05) is 6.07 Å². The highest BCUT2D eigenvalue weighted by molar-refractivity contribution is 7.92. The molecule has 2 unspecified atom stereocenters. The first-order valence-corrected chi connectivity index (χ1v) is 11.1. The molecule has 0 radical (unpaired) electrons. The van der Waals surface area contributed by atoms with Gasteiger partial charge >= 0.3 is 0 Å². The van der Waals surface area contributed by atoms with E-state index in [0.29, 0.717) is 5.75 Å². The van der Waals surface area contributed by atoms with E-state index in [4.69, 9.17) is 4.74 Å². The van der Waals surface area contributed by atoms with Gasteiger partial charge in [0.25, 0.3) is 5.69 Å². The monoisotopic (exact) mass is 435 g/mol. The molecule has 0 saturated heterocycles. The fourth-order valence-corrected chi connectivity index (χ4v) is 4.42. The highest BCUT2D eigenvalue weighted by Gasteiger charge is 2.33. The van der Waals surface area contributed by atoms with Crippen molar-refractivity contribution in [2.24, 2.45) is 0 Å². The zero-order chi connectivity index (χ0) is 22.5. The van der Waals surface area contributed by atoms with Crippen LogP contribution < -0.4 is 14.4 Å². The Hall–Kier alpha value is -3.14. The molecule has 0 spiro atoms. The number of nitro groups is 1. The third kappa shape index (κ3) is 5.26. The zero-order valence-electron chi connectivity index (χ0n) is 17.2. The third-order valence-corrected chi connectivity index (χ3v) is 5.77. The normalized spacial score (nSPS) is 13.2. The van der Waals surface area contributed by atoms with E-state index in [1.54, 1.807) is 32.0 Å². The van der Waals surface area contributed by atoms with Crippen LogP contribution in [0.1, 0.15) is 31.9 Å². The van der Waals surface area contributed by atoms with Crippen LogP contribution in [0, 0.1) is 10.1 Å². The Bertz CT molecular complexity index is 1020. The summed E-state index contributed by atoms with van der Waals surface area (Å²) in [7, 11) is -2.38. The van der Waals surface area contributed by atoms with E-state index in [1.165, 1.54) is 25.3 Å². The average molecular weight is 436 g/mol. The van der Waals surface area contributed by atoms with Gasteiger partial charge in [-0.3, -0.25) is 19.2 Å². The van der Waals surface area contributed by atoms with Gasteiger partial charge in [-0.1, -0.05) is 31.2 Å². The highest BCUT2D eigenvalue weighted by atomic mass is 32.2. The van der Waals surface area contributed by atoms with Gasteiger partial charge in [-0.05, 0) is 25.5 Å². The topological polar surface area (TPSA) is 119 Å². The minimum atomic E-state index is -3.90. The number of hydrogen-bond acceptors (Lipinski definition) is 6. The number of carbonyl (C=O) groups excluding carboxylic acids is 1. The highest BCUT2D eigenvalue weighted by Crippen LogP contribution is 2.28. The third-order valence-electron chi connectivity index (χ3n) is 4.59. The van der Waals surface area contributed by atoms with Gasteiger partial charge in [0.05, 0.1) is 30.0 Å². The van der Waals surface area contributed by atoms with Crippen LogP contribution in [0.5, 0.6) is 5.75 Å². The molecule has 0 aromatic heterocycles. The number of hydrogen-bond donors (Lipinski definition) is 1. The Morgan fingerprint density at radius 2 is 1.90 bits per heavy atom. The van der Waals surface area contributed by atoms with Crippen molar-refractivity contribution in [3.8, 4) is 5.75 Å². The van der Waals surface area contributed by atoms with E-state index in [9.17, 15) is 23.3 Å². The Kier molecular flexibility index (Phi) is 7.38. The molecule has 2 rings (SSSR count). The summed E-state index contributed by atoms with van der Waals surface area (Å²) in [6.45, 7) is 3.44. The molecule has 30 heavy (non-hydrogen) atoms. The first-order valence-electron chi connectivity index (χ1n) is 9.27. The maximum absolute atomic E-state index is 13.0. The fraction of sp³-hybridized carbons (Fsp3) is 0.350. The molecule has 10 heteroatoms. The quantitative estimate of drug-likeness (QED) is 0.478. The van der Waals surface area contributed by atoms with Gasteiger partial charge in [0.1, 0.15) is 11.8 Å². The van der Waals surface area contributed by atoms with E-state index < -0.39 is 32.9 Å². The molecule has 0 saturated carbocycles. The van der Waals surface area contributed by atoms with Crippen molar-refractivity contribution in [1.29, 1.82) is 0 Å². The summed E-state index contributed by atoms with van der Waals surface area (Å²) in [4.78, 5) is 23.5. The number of carbonyl (C=O) groups is 1. The summed E-state index contributed by atoms with van der Waals surface area (Å²) in [5.74, 6) is 0.0739. The lowest BCUT2D eigenvalue weighted by atomic mass is 10.1. The lowest BCUT2D eigenvalue weighted by molar-refractivity contribution is -0.384. The van der Waals surface area contributed by atoms with Crippen LogP contribution in [0.3, 0.4) is 0 Å². The largest absolute Gasteiger partial charge is 0.496 e. The number of nitro benzene ring substituents is 1. The van der Waals surface area contributed by atoms with Crippen LogP contribution >= 0.6 is 0 Å². The lowest BCUT2D eigenvalue weighted by Crippen LogP contribution is -2.49. The Labute approximate surface area is 175 Å². The Morgan fingerprint density at radius 1 is 1.23 bits per heavy atom. The van der Waals surface area contributed by atoms with Gasteiger partial charge in [0, 0.05) is 17.7 Å². The number of amides is 1. The number of nitrogens with one attached hydrogen (secondary N) is 1. The van der Waals surface area contributed by atoms with Crippen LogP contribution in [0.15, 0.2) is 48.5 Å². The number of para-hydroxylation sites is 1. The summed E-state index contributed by atoms with van der Waals surface area (Å²) in [5.41, 5.74) is 0.530. The molecule has 0 fully saturated rings. The molecule has 2 aromatic rings. The first-order chi connectivity index (χ1) is 14.1. The number of anilines is 1. The predicted octanol–water partition coefficient (Wildman–Crippen LogP) is 3.03. The second kappa shape index (κ2) is 9.57. The van der Waals surface area contributed by atoms with Crippen LogP contribution in [0.25, 0.3) is 0 Å². The number of sulfonamides is 1. The van der Waals surface area contributed by atoms with Crippen molar-refractivity contribution in [3.05, 3.63) is 64.2 Å². The summed E-state index contributed by atoms with van der Waals surface area (Å²) in [6.07, 6.45) is 1.13. The van der Waals surface area contributed by atoms with Crippen molar-refractivity contribution in [2.45, 2.75) is 32.4 Å². The SMILES string of the molecule is CCC(C(=O)NC(C)c1ccccc1OC)N(c1cccc([N+](=O)[O-])c1)S(C)(=O)=O. The van der Waals surface area contributed by atoms with Crippen molar-refractivity contribution in [1.82, 2.24) is 5.32 Å². The van der Waals surface area contributed by atoms with E-state index in [0.717, 1.165) is 22.2 Å². The number of methoxy groups -OCH3 is 1. The zero-order valence-corrected chi connectivity index (χ0v) is 18.0. The molecule has 1 N–H and O–H groups in total. The summed E-state index contributed by atoms with van der Waals surface area (Å²) in [6, 6.07) is 10.9. The van der Waals surface area contributed by atoms with Crippen LogP contribution in [0.2, 0.25) is 0 Å². The van der Waals surface area contributed by atoms with Gasteiger partial charge in [0.15, 0.2) is 0 Å². The molecule has 0 bridgehead atoms. The van der Waals surface area contributed by atoms with Crippen molar-refractivity contribution < 1.29 is 22.9 Å². The van der Waals surface area contributed by atoms with Gasteiger partial charge in [-0.15, -0.1) is 0 Å². The number of benzene rings is 2. The fourth-order valence-electron chi connectivity index (χ4n) is 3.22. The second-order valence-electron chi connectivity index (χ2n) is 6.73. The molecular weight excluding hydrogens is 410 g/mol. The summed E-state index contributed by atoms with van der Waals surface area (Å²) in [5, 5.41) is 13.9. The van der Waals surface area contributed by atoms with Gasteiger partial charge in [-0.2, -0.15) is 0 Å². The van der Waals surface area contributed by atoms with Crippen molar-refractivity contribution >= 4 is 27.3 Å². The van der Waals surface area contributed by atoms with E-state index >= 15 is 0 Å². The molecule has 9 nitrogen and oxygen atoms in total. The van der Waals surface area contributed by atoms with Gasteiger partial charge in [-0.25, -0.2) is 8.42 Å². The van der Waals surface area contributed by atoms with E-state index in [-0.39, 0.29) is 17.8 Å². The summed E-state index contributed by atoms with van der Waals surface area (Å²) < 4.78 is 31.3. The molecule has 0 heterocycles. The van der Waals surface area contributed by atoms with Crippen LogP contribution in [-0.4, -0.2) is 38.7 Å². The first kappa shape index (κ1) is 23.1. The lowest BCUT2D eigenvalue weighted by Gasteiger charge is -2.31. The van der Waals surface area contributed by atoms with Gasteiger partial charge in [0.2, 0.25) is 15.9 Å². The number of non-ortho nitro benzene ring substituents is 1. The van der Waals surface area contributed by atoms with Crippen molar-refractivity contribution in [2.75, 3.05) is 17.7 Å². The van der Waals surface area contributed by atoms with Crippen molar-refractivity contribution in [3.63, 3.8) is 0 Å². The molecule has 0 aliphatic carbocycles.